The van der Waals surface area contributed by atoms with Gasteiger partial charge >= 0.3 is 0 Å². The van der Waals surface area contributed by atoms with Crippen LogP contribution in [0.2, 0.25) is 0 Å². The Bertz CT molecular complexity index is 563. The number of hydrogen-bond acceptors (Lipinski definition) is 2. The van der Waals surface area contributed by atoms with Crippen LogP contribution < -0.4 is 5.32 Å². The molecule has 1 heterocycles. The highest BCUT2D eigenvalue weighted by atomic mass is 15.1. The zero-order valence-corrected chi connectivity index (χ0v) is 12.1. The largest absolute Gasteiger partial charge is 0.384 e. The molecule has 2 nitrogen and oxygen atoms in total. The predicted molar refractivity (Wildman–Crippen MR) is 84.9 cm³/mol. The predicted octanol–water partition coefficient (Wildman–Crippen LogP) is 3.68. The molecule has 0 radical (unpaired) electrons. The molecule has 2 aromatic rings. The summed E-state index contributed by atoms with van der Waals surface area (Å²) in [4.78, 5) is 2.49. The van der Waals surface area contributed by atoms with E-state index in [-0.39, 0.29) is 0 Å². The van der Waals surface area contributed by atoms with Crippen LogP contribution in [-0.4, -0.2) is 18.0 Å². The molecule has 0 bridgehead atoms. The highest BCUT2D eigenvalue weighted by Gasteiger charge is 2.15. The maximum Gasteiger partial charge on any atom is 0.0419 e. The lowest BCUT2D eigenvalue weighted by Gasteiger charge is -2.22. The van der Waals surface area contributed by atoms with Gasteiger partial charge in [0.05, 0.1) is 0 Å². The summed E-state index contributed by atoms with van der Waals surface area (Å²) >= 11 is 0. The quantitative estimate of drug-likeness (QED) is 0.888. The number of rotatable bonds is 5. The summed E-state index contributed by atoms with van der Waals surface area (Å²) in [5.41, 5.74) is 5.66. The summed E-state index contributed by atoms with van der Waals surface area (Å²) in [7, 11) is 0. The second kappa shape index (κ2) is 6.10. The lowest BCUT2D eigenvalue weighted by Crippen LogP contribution is -2.22. The van der Waals surface area contributed by atoms with Crippen molar-refractivity contribution in [2.75, 3.05) is 18.4 Å². The van der Waals surface area contributed by atoms with Gasteiger partial charge in [0.2, 0.25) is 0 Å². The van der Waals surface area contributed by atoms with E-state index in [1.54, 1.807) is 0 Å². The van der Waals surface area contributed by atoms with Crippen molar-refractivity contribution in [1.29, 1.82) is 0 Å². The van der Waals surface area contributed by atoms with Gasteiger partial charge in [0.25, 0.3) is 0 Å². The van der Waals surface area contributed by atoms with E-state index in [0.717, 1.165) is 32.6 Å². The van der Waals surface area contributed by atoms with Gasteiger partial charge in [0, 0.05) is 25.3 Å². The second-order valence-electron chi connectivity index (χ2n) is 5.42. The van der Waals surface area contributed by atoms with Gasteiger partial charge in [-0.1, -0.05) is 55.5 Å². The molecule has 1 aliphatic rings. The van der Waals surface area contributed by atoms with Crippen molar-refractivity contribution in [3.63, 3.8) is 0 Å². The first-order valence-electron chi connectivity index (χ1n) is 7.47. The normalized spacial score (nSPS) is 13.3. The molecule has 3 rings (SSSR count). The van der Waals surface area contributed by atoms with Gasteiger partial charge in [-0.05, 0) is 29.7 Å². The number of benzene rings is 2. The molecule has 20 heavy (non-hydrogen) atoms. The lowest BCUT2D eigenvalue weighted by atomic mass is 10.1. The molecule has 104 valence electrons. The number of fused-ring (bicyclic) bond motifs is 1. The van der Waals surface area contributed by atoms with Gasteiger partial charge in [-0.25, -0.2) is 0 Å². The zero-order valence-electron chi connectivity index (χ0n) is 12.1. The van der Waals surface area contributed by atoms with Crippen LogP contribution in [0.5, 0.6) is 0 Å². The fourth-order valence-electron chi connectivity index (χ4n) is 2.90. The maximum atomic E-state index is 3.54. The van der Waals surface area contributed by atoms with Crippen LogP contribution in [0.4, 0.5) is 5.69 Å². The van der Waals surface area contributed by atoms with Crippen LogP contribution >= 0.6 is 0 Å². The summed E-state index contributed by atoms with van der Waals surface area (Å²) in [6.45, 7) is 6.41. The SMILES string of the molecule is CCN(Cc1ccccc1)Cc1cccc2c1NCC2. The maximum absolute atomic E-state index is 3.54. The van der Waals surface area contributed by atoms with Crippen LogP contribution in [0.1, 0.15) is 23.6 Å². The number of para-hydroxylation sites is 1. The third-order valence-electron chi connectivity index (χ3n) is 4.02. The molecule has 0 aliphatic carbocycles. The average molecular weight is 266 g/mol. The number of anilines is 1. The van der Waals surface area contributed by atoms with Crippen LogP contribution in [0, 0.1) is 0 Å². The van der Waals surface area contributed by atoms with Gasteiger partial charge in [-0.2, -0.15) is 0 Å². The van der Waals surface area contributed by atoms with Gasteiger partial charge in [0.15, 0.2) is 0 Å². The van der Waals surface area contributed by atoms with Gasteiger partial charge < -0.3 is 5.32 Å². The van der Waals surface area contributed by atoms with Crippen molar-refractivity contribution >= 4 is 5.69 Å². The standard InChI is InChI=1S/C18H22N2/c1-2-20(13-15-7-4-3-5-8-15)14-17-10-6-9-16-11-12-19-18(16)17/h3-10,19H,2,11-14H2,1H3. The molecule has 2 aromatic carbocycles. The Morgan fingerprint density at radius 2 is 1.85 bits per heavy atom. The molecule has 1 aliphatic heterocycles. The van der Waals surface area contributed by atoms with Crippen molar-refractivity contribution in [1.82, 2.24) is 4.90 Å². The molecule has 0 spiro atoms. The van der Waals surface area contributed by atoms with E-state index in [2.05, 4.69) is 65.7 Å². The summed E-state index contributed by atoms with van der Waals surface area (Å²) < 4.78 is 0. The summed E-state index contributed by atoms with van der Waals surface area (Å²) in [6, 6.07) is 17.4. The van der Waals surface area contributed by atoms with E-state index in [4.69, 9.17) is 0 Å². The van der Waals surface area contributed by atoms with Crippen molar-refractivity contribution in [2.24, 2.45) is 0 Å². The van der Waals surface area contributed by atoms with Crippen molar-refractivity contribution < 1.29 is 0 Å². The molecule has 0 aromatic heterocycles. The van der Waals surface area contributed by atoms with E-state index >= 15 is 0 Å². The highest BCUT2D eigenvalue weighted by molar-refractivity contribution is 5.61. The molecule has 2 heteroatoms. The van der Waals surface area contributed by atoms with Crippen LogP contribution in [0.15, 0.2) is 48.5 Å². The summed E-state index contributed by atoms with van der Waals surface area (Å²) in [5.74, 6) is 0. The topological polar surface area (TPSA) is 15.3 Å². The Hall–Kier alpha value is -1.80. The Kier molecular flexibility index (Phi) is 4.03. The fraction of sp³-hybridized carbons (Fsp3) is 0.333. The van der Waals surface area contributed by atoms with E-state index in [0.29, 0.717) is 0 Å². The van der Waals surface area contributed by atoms with Crippen LogP contribution in [0.25, 0.3) is 0 Å². The second-order valence-corrected chi connectivity index (χ2v) is 5.42. The molecule has 0 saturated heterocycles. The fourth-order valence-corrected chi connectivity index (χ4v) is 2.90. The molecule has 0 saturated carbocycles. The van der Waals surface area contributed by atoms with E-state index in [9.17, 15) is 0 Å². The van der Waals surface area contributed by atoms with Crippen molar-refractivity contribution in [3.05, 3.63) is 65.2 Å². The van der Waals surface area contributed by atoms with Gasteiger partial charge in [-0.3, -0.25) is 4.90 Å². The molecule has 0 amide bonds. The molecular weight excluding hydrogens is 244 g/mol. The molecule has 1 N–H and O–H groups in total. The zero-order chi connectivity index (χ0) is 13.8. The average Bonchev–Trinajstić information content (AvgIpc) is 2.97. The first-order valence-corrected chi connectivity index (χ1v) is 7.47. The molecular formula is C18H22N2. The third kappa shape index (κ3) is 2.86. The third-order valence-corrected chi connectivity index (χ3v) is 4.02. The molecule has 0 fully saturated rings. The van der Waals surface area contributed by atoms with Crippen LogP contribution in [0.3, 0.4) is 0 Å². The highest BCUT2D eigenvalue weighted by Crippen LogP contribution is 2.27. The summed E-state index contributed by atoms with van der Waals surface area (Å²) in [5, 5.41) is 3.54. The molecule has 0 atom stereocenters. The first kappa shape index (κ1) is 13.2. The molecule has 0 unspecified atom stereocenters. The van der Waals surface area contributed by atoms with Gasteiger partial charge in [-0.15, -0.1) is 0 Å². The minimum atomic E-state index is 1.01. The Labute approximate surface area is 121 Å². The lowest BCUT2D eigenvalue weighted by molar-refractivity contribution is 0.272. The monoisotopic (exact) mass is 266 g/mol. The number of nitrogens with zero attached hydrogens (tertiary/aromatic N) is 1. The van der Waals surface area contributed by atoms with E-state index < -0.39 is 0 Å². The van der Waals surface area contributed by atoms with Crippen LogP contribution in [-0.2, 0) is 19.5 Å². The number of nitrogens with one attached hydrogen (secondary N) is 1. The smallest absolute Gasteiger partial charge is 0.0419 e. The minimum Gasteiger partial charge on any atom is -0.384 e. The first-order chi connectivity index (χ1) is 9.86. The minimum absolute atomic E-state index is 1.01. The summed E-state index contributed by atoms with van der Waals surface area (Å²) in [6.07, 6.45) is 1.16. The Morgan fingerprint density at radius 1 is 1.00 bits per heavy atom. The Balaban J connectivity index is 1.74. The van der Waals surface area contributed by atoms with E-state index in [1.807, 2.05) is 0 Å². The van der Waals surface area contributed by atoms with Gasteiger partial charge in [0.1, 0.15) is 0 Å². The van der Waals surface area contributed by atoms with Crippen molar-refractivity contribution in [3.8, 4) is 0 Å². The van der Waals surface area contributed by atoms with E-state index in [1.165, 1.54) is 22.4 Å². The van der Waals surface area contributed by atoms with Crippen molar-refractivity contribution in [2.45, 2.75) is 26.4 Å². The number of hydrogen-bond donors (Lipinski definition) is 1. The Morgan fingerprint density at radius 3 is 2.65 bits per heavy atom.